The van der Waals surface area contributed by atoms with E-state index in [1.54, 1.807) is 24.3 Å². The highest BCUT2D eigenvalue weighted by Gasteiger charge is 2.03. The van der Waals surface area contributed by atoms with Gasteiger partial charge in [0.25, 0.3) is 0 Å². The zero-order valence-electron chi connectivity index (χ0n) is 7.54. The minimum atomic E-state index is -0.478. The van der Waals surface area contributed by atoms with Crippen molar-refractivity contribution in [1.82, 2.24) is 0 Å². The van der Waals surface area contributed by atoms with Gasteiger partial charge in [0.05, 0.1) is 5.56 Å². The Hall–Kier alpha value is -1.15. The summed E-state index contributed by atoms with van der Waals surface area (Å²) < 4.78 is 13.4. The smallest absolute Gasteiger partial charge is 0.153 e. The number of alkyl halides is 1. The van der Waals surface area contributed by atoms with E-state index in [0.29, 0.717) is 24.2 Å². The van der Waals surface area contributed by atoms with E-state index < -0.39 is 5.82 Å². The lowest BCUT2D eigenvalue weighted by Gasteiger charge is -1.98. The van der Waals surface area contributed by atoms with E-state index in [1.165, 1.54) is 6.07 Å². The average molecular weight is 213 g/mol. The minimum absolute atomic E-state index is 0.0815. The molecule has 0 bridgehead atoms. The summed E-state index contributed by atoms with van der Waals surface area (Å²) in [5, 5.41) is 0. The maximum absolute atomic E-state index is 13.4. The minimum Gasteiger partial charge on any atom is -0.298 e. The van der Waals surface area contributed by atoms with Gasteiger partial charge in [0, 0.05) is 11.4 Å². The van der Waals surface area contributed by atoms with Gasteiger partial charge in [-0.2, -0.15) is 0 Å². The van der Waals surface area contributed by atoms with Crippen molar-refractivity contribution < 1.29 is 9.18 Å². The molecule has 0 unspecified atom stereocenters. The van der Waals surface area contributed by atoms with Crippen LogP contribution in [-0.2, 0) is 0 Å². The first kappa shape index (κ1) is 10.9. The van der Waals surface area contributed by atoms with Crippen molar-refractivity contribution in [3.05, 3.63) is 41.2 Å². The molecule has 0 heterocycles. The lowest BCUT2D eigenvalue weighted by Crippen LogP contribution is -1.90. The predicted molar refractivity (Wildman–Crippen MR) is 56.2 cm³/mol. The molecule has 0 atom stereocenters. The molecule has 0 fully saturated rings. The zero-order valence-corrected chi connectivity index (χ0v) is 8.30. The summed E-state index contributed by atoms with van der Waals surface area (Å²) >= 11 is 5.46. The lowest BCUT2D eigenvalue weighted by atomic mass is 10.1. The molecule has 0 amide bonds. The number of carbonyl (C=O) groups is 1. The fourth-order valence-corrected chi connectivity index (χ4v) is 1.19. The van der Waals surface area contributed by atoms with E-state index in [1.807, 2.05) is 0 Å². The van der Waals surface area contributed by atoms with Crippen LogP contribution in [-0.4, -0.2) is 12.2 Å². The maximum Gasteiger partial charge on any atom is 0.153 e. The van der Waals surface area contributed by atoms with E-state index in [4.69, 9.17) is 11.6 Å². The van der Waals surface area contributed by atoms with E-state index >= 15 is 0 Å². The molecule has 1 aromatic carbocycles. The van der Waals surface area contributed by atoms with Gasteiger partial charge in [-0.1, -0.05) is 24.3 Å². The van der Waals surface area contributed by atoms with Gasteiger partial charge < -0.3 is 0 Å². The molecule has 74 valence electrons. The second kappa shape index (κ2) is 5.55. The first-order valence-corrected chi connectivity index (χ1v) is 4.79. The van der Waals surface area contributed by atoms with Gasteiger partial charge in [0.2, 0.25) is 0 Å². The largest absolute Gasteiger partial charge is 0.298 e. The molecule has 0 N–H and O–H groups in total. The summed E-state index contributed by atoms with van der Waals surface area (Å²) in [7, 11) is 0. The molecule has 14 heavy (non-hydrogen) atoms. The zero-order chi connectivity index (χ0) is 10.4. The quantitative estimate of drug-likeness (QED) is 0.553. The topological polar surface area (TPSA) is 17.1 Å². The molecule has 0 spiro atoms. The second-order valence-electron chi connectivity index (χ2n) is 2.75. The van der Waals surface area contributed by atoms with Gasteiger partial charge in [-0.3, -0.25) is 4.79 Å². The third-order valence-electron chi connectivity index (χ3n) is 1.76. The first-order valence-electron chi connectivity index (χ1n) is 4.25. The summed E-state index contributed by atoms with van der Waals surface area (Å²) in [6.45, 7) is 0. The second-order valence-corrected chi connectivity index (χ2v) is 3.13. The van der Waals surface area contributed by atoms with Crippen LogP contribution >= 0.6 is 11.6 Å². The van der Waals surface area contributed by atoms with Crippen LogP contribution in [0.2, 0.25) is 0 Å². The molecular formula is C11H10ClFO. The SMILES string of the molecule is O=Cc1cccc(C=CCCCl)c1F. The van der Waals surface area contributed by atoms with Crippen molar-refractivity contribution in [2.75, 3.05) is 5.88 Å². The van der Waals surface area contributed by atoms with Gasteiger partial charge in [0.1, 0.15) is 5.82 Å². The van der Waals surface area contributed by atoms with Gasteiger partial charge >= 0.3 is 0 Å². The Balaban J connectivity index is 2.92. The van der Waals surface area contributed by atoms with Crippen LogP contribution in [0.1, 0.15) is 22.3 Å². The van der Waals surface area contributed by atoms with E-state index in [-0.39, 0.29) is 5.56 Å². The molecule has 1 nitrogen and oxygen atoms in total. The van der Waals surface area contributed by atoms with Gasteiger partial charge in [-0.15, -0.1) is 11.6 Å². The highest BCUT2D eigenvalue weighted by Crippen LogP contribution is 2.13. The van der Waals surface area contributed by atoms with Crippen molar-refractivity contribution in [3.8, 4) is 0 Å². The number of aldehydes is 1. The molecule has 0 aliphatic heterocycles. The third kappa shape index (κ3) is 2.67. The monoisotopic (exact) mass is 212 g/mol. The van der Waals surface area contributed by atoms with Crippen LogP contribution < -0.4 is 0 Å². The fraction of sp³-hybridized carbons (Fsp3) is 0.182. The van der Waals surface area contributed by atoms with Crippen molar-refractivity contribution >= 4 is 24.0 Å². The molecule has 1 rings (SSSR count). The molecule has 0 aromatic heterocycles. The first-order chi connectivity index (χ1) is 6.79. The summed E-state index contributed by atoms with van der Waals surface area (Å²) in [5.74, 6) is 0.0270. The van der Waals surface area contributed by atoms with Crippen LogP contribution in [0.3, 0.4) is 0 Å². The Morgan fingerprint density at radius 2 is 2.07 bits per heavy atom. The molecule has 0 aliphatic rings. The van der Waals surface area contributed by atoms with Crippen molar-refractivity contribution in [1.29, 1.82) is 0 Å². The maximum atomic E-state index is 13.4. The predicted octanol–water partition coefficient (Wildman–Crippen LogP) is 3.28. The van der Waals surface area contributed by atoms with E-state index in [9.17, 15) is 9.18 Å². The highest BCUT2D eigenvalue weighted by molar-refractivity contribution is 6.17. The summed E-state index contributed by atoms with van der Waals surface area (Å²) in [4.78, 5) is 10.4. The molecule has 0 radical (unpaired) electrons. The van der Waals surface area contributed by atoms with Crippen molar-refractivity contribution in [2.45, 2.75) is 6.42 Å². The Labute approximate surface area is 87.2 Å². The summed E-state index contributed by atoms with van der Waals surface area (Å²) in [6, 6.07) is 4.71. The van der Waals surface area contributed by atoms with E-state index in [2.05, 4.69) is 0 Å². The highest BCUT2D eigenvalue weighted by atomic mass is 35.5. The molecule has 0 saturated heterocycles. The normalized spacial score (nSPS) is 10.7. The molecular weight excluding hydrogens is 203 g/mol. The standard InChI is InChI=1S/C11H10ClFO/c12-7-2-1-4-9-5-3-6-10(8-14)11(9)13/h1,3-6,8H,2,7H2. The number of benzene rings is 1. The molecule has 1 aromatic rings. The van der Waals surface area contributed by atoms with Gasteiger partial charge in [0.15, 0.2) is 6.29 Å². The molecule has 0 saturated carbocycles. The van der Waals surface area contributed by atoms with E-state index in [0.717, 1.165) is 0 Å². The van der Waals surface area contributed by atoms with Gasteiger partial charge in [-0.25, -0.2) is 4.39 Å². The van der Waals surface area contributed by atoms with Crippen LogP contribution in [0.15, 0.2) is 24.3 Å². The number of rotatable bonds is 4. The molecule has 3 heteroatoms. The summed E-state index contributed by atoms with van der Waals surface area (Å²) in [6.07, 6.45) is 4.60. The molecule has 0 aliphatic carbocycles. The average Bonchev–Trinajstić information content (AvgIpc) is 2.21. The lowest BCUT2D eigenvalue weighted by molar-refractivity contribution is 0.112. The van der Waals surface area contributed by atoms with Crippen LogP contribution in [0.25, 0.3) is 6.08 Å². The van der Waals surface area contributed by atoms with Crippen molar-refractivity contribution in [2.24, 2.45) is 0 Å². The number of allylic oxidation sites excluding steroid dienone is 1. The fourth-order valence-electron chi connectivity index (χ4n) is 1.06. The Morgan fingerprint density at radius 1 is 1.36 bits per heavy atom. The van der Waals surface area contributed by atoms with Gasteiger partial charge in [-0.05, 0) is 12.5 Å². The number of hydrogen-bond donors (Lipinski definition) is 0. The Kier molecular flexibility index (Phi) is 4.33. The Bertz CT molecular complexity index is 347. The van der Waals surface area contributed by atoms with Crippen LogP contribution in [0.4, 0.5) is 4.39 Å². The third-order valence-corrected chi connectivity index (χ3v) is 1.98. The number of halogens is 2. The van der Waals surface area contributed by atoms with Crippen LogP contribution in [0, 0.1) is 5.82 Å². The number of hydrogen-bond acceptors (Lipinski definition) is 1. The van der Waals surface area contributed by atoms with Crippen LogP contribution in [0.5, 0.6) is 0 Å². The van der Waals surface area contributed by atoms with Crippen molar-refractivity contribution in [3.63, 3.8) is 0 Å². The summed E-state index contributed by atoms with van der Waals surface area (Å²) in [5.41, 5.74) is 0.498. The number of carbonyl (C=O) groups excluding carboxylic acids is 1. The Morgan fingerprint density at radius 3 is 2.71 bits per heavy atom.